The van der Waals surface area contributed by atoms with E-state index in [-0.39, 0.29) is 42.0 Å². The summed E-state index contributed by atoms with van der Waals surface area (Å²) in [5.74, 6) is 2.40. The zero-order valence-corrected chi connectivity index (χ0v) is 18.9. The second kappa shape index (κ2) is 9.80. The van der Waals surface area contributed by atoms with Gasteiger partial charge in [0.15, 0.2) is 5.96 Å². The third kappa shape index (κ3) is 4.90. The third-order valence-electron chi connectivity index (χ3n) is 5.98. The number of nitrogens with one attached hydrogen (secondary N) is 2. The predicted molar refractivity (Wildman–Crippen MR) is 121 cm³/mol. The van der Waals surface area contributed by atoms with E-state index in [1.807, 2.05) is 17.0 Å². The van der Waals surface area contributed by atoms with Crippen molar-refractivity contribution in [3.63, 3.8) is 0 Å². The first-order valence-electron chi connectivity index (χ1n) is 10.2. The molecule has 154 valence electrons. The normalized spacial score (nSPS) is 24.5. The summed E-state index contributed by atoms with van der Waals surface area (Å²) in [6.07, 6.45) is 6.58. The molecule has 1 amide bonds. The predicted octanol–water partition coefficient (Wildman–Crippen LogP) is 2.56. The van der Waals surface area contributed by atoms with Crippen LogP contribution in [0.3, 0.4) is 0 Å². The van der Waals surface area contributed by atoms with Crippen LogP contribution in [0.25, 0.3) is 0 Å². The molecule has 7 heteroatoms. The molecule has 28 heavy (non-hydrogen) atoms. The summed E-state index contributed by atoms with van der Waals surface area (Å²) in [5.41, 5.74) is 1.27. The fourth-order valence-electron chi connectivity index (χ4n) is 4.48. The zero-order valence-electron chi connectivity index (χ0n) is 16.5. The standard InChI is InChI=1S/C21H30N4O2.HI/c1-22-21(23-13-18-12-16-8-4-5-9-19(16)27-18)24-17-10-11-25(14-17)20(26)15-6-2-3-7-15;/h4-5,8-9,15,17-18H,2-3,6-7,10-14H2,1H3,(H2,22,23,24);1H. The van der Waals surface area contributed by atoms with Crippen molar-refractivity contribution in [2.45, 2.75) is 50.7 Å². The topological polar surface area (TPSA) is 66.0 Å². The van der Waals surface area contributed by atoms with E-state index in [0.717, 1.165) is 50.5 Å². The summed E-state index contributed by atoms with van der Waals surface area (Å²) >= 11 is 0. The van der Waals surface area contributed by atoms with Crippen LogP contribution < -0.4 is 15.4 Å². The Morgan fingerprint density at radius 3 is 2.79 bits per heavy atom. The van der Waals surface area contributed by atoms with Gasteiger partial charge in [0.25, 0.3) is 0 Å². The number of benzene rings is 1. The number of fused-ring (bicyclic) bond motifs is 1. The fraction of sp³-hybridized carbons (Fsp3) is 0.619. The molecule has 2 atom stereocenters. The summed E-state index contributed by atoms with van der Waals surface area (Å²) in [5, 5.41) is 6.86. The molecule has 1 saturated heterocycles. The minimum atomic E-state index is 0. The van der Waals surface area contributed by atoms with E-state index in [4.69, 9.17) is 4.74 Å². The molecule has 2 heterocycles. The highest BCUT2D eigenvalue weighted by molar-refractivity contribution is 14.0. The van der Waals surface area contributed by atoms with Crippen molar-refractivity contribution in [3.05, 3.63) is 29.8 Å². The van der Waals surface area contributed by atoms with Gasteiger partial charge < -0.3 is 20.3 Å². The van der Waals surface area contributed by atoms with Crippen LogP contribution >= 0.6 is 24.0 Å². The number of ether oxygens (including phenoxy) is 1. The third-order valence-corrected chi connectivity index (χ3v) is 5.98. The Balaban J connectivity index is 0.00000225. The average Bonchev–Trinajstić information content (AvgIpc) is 3.44. The van der Waals surface area contributed by atoms with Gasteiger partial charge >= 0.3 is 0 Å². The molecule has 2 fully saturated rings. The van der Waals surface area contributed by atoms with E-state index in [0.29, 0.717) is 12.5 Å². The Hall–Kier alpha value is -1.51. The Kier molecular flexibility index (Phi) is 7.42. The maximum Gasteiger partial charge on any atom is 0.225 e. The molecule has 1 saturated carbocycles. The van der Waals surface area contributed by atoms with Crippen LogP contribution in [0.2, 0.25) is 0 Å². The van der Waals surface area contributed by atoms with Gasteiger partial charge in [-0.2, -0.15) is 0 Å². The molecule has 0 aromatic heterocycles. The molecule has 4 rings (SSSR count). The maximum absolute atomic E-state index is 12.6. The largest absolute Gasteiger partial charge is 0.488 e. The van der Waals surface area contributed by atoms with Crippen molar-refractivity contribution in [3.8, 4) is 5.75 Å². The fourth-order valence-corrected chi connectivity index (χ4v) is 4.48. The molecule has 3 aliphatic rings. The number of para-hydroxylation sites is 1. The minimum absolute atomic E-state index is 0. The van der Waals surface area contributed by atoms with Crippen molar-refractivity contribution < 1.29 is 9.53 Å². The van der Waals surface area contributed by atoms with Gasteiger partial charge in [0.1, 0.15) is 11.9 Å². The van der Waals surface area contributed by atoms with E-state index in [1.54, 1.807) is 7.05 Å². The Morgan fingerprint density at radius 2 is 2.04 bits per heavy atom. The number of likely N-dealkylation sites (tertiary alicyclic amines) is 1. The summed E-state index contributed by atoms with van der Waals surface area (Å²) in [4.78, 5) is 19.0. The number of nitrogens with zero attached hydrogens (tertiary/aromatic N) is 2. The number of hydrogen-bond acceptors (Lipinski definition) is 3. The van der Waals surface area contributed by atoms with Crippen LogP contribution in [0.4, 0.5) is 0 Å². The second-order valence-electron chi connectivity index (χ2n) is 7.90. The molecule has 2 N–H and O–H groups in total. The van der Waals surface area contributed by atoms with Crippen molar-refractivity contribution in [2.24, 2.45) is 10.9 Å². The monoisotopic (exact) mass is 498 g/mol. The Labute approximate surface area is 184 Å². The smallest absolute Gasteiger partial charge is 0.225 e. The Bertz CT molecular complexity index is 680. The minimum Gasteiger partial charge on any atom is -0.488 e. The second-order valence-corrected chi connectivity index (χ2v) is 7.90. The molecule has 0 radical (unpaired) electrons. The summed E-state index contributed by atoms with van der Waals surface area (Å²) in [6.45, 7) is 2.35. The number of hydrogen-bond donors (Lipinski definition) is 2. The molecule has 0 spiro atoms. The lowest BCUT2D eigenvalue weighted by atomic mass is 10.1. The van der Waals surface area contributed by atoms with Crippen molar-refractivity contribution in [2.75, 3.05) is 26.7 Å². The molecule has 2 aliphatic heterocycles. The van der Waals surface area contributed by atoms with E-state index >= 15 is 0 Å². The van der Waals surface area contributed by atoms with E-state index in [2.05, 4.69) is 27.8 Å². The van der Waals surface area contributed by atoms with Crippen LogP contribution in [0, 0.1) is 5.92 Å². The lowest BCUT2D eigenvalue weighted by molar-refractivity contribution is -0.134. The first kappa shape index (κ1) is 21.2. The molecule has 1 aliphatic carbocycles. The van der Waals surface area contributed by atoms with Gasteiger partial charge in [0.05, 0.1) is 6.54 Å². The number of aliphatic imine (C=N–C) groups is 1. The molecule has 1 aromatic rings. The SMILES string of the molecule is CN=C(NCC1Cc2ccccc2O1)NC1CCN(C(=O)C2CCCC2)C1.I. The Morgan fingerprint density at radius 1 is 1.25 bits per heavy atom. The molecule has 2 unspecified atom stereocenters. The first-order valence-corrected chi connectivity index (χ1v) is 10.2. The van der Waals surface area contributed by atoms with Crippen molar-refractivity contribution in [1.82, 2.24) is 15.5 Å². The van der Waals surface area contributed by atoms with E-state index < -0.39 is 0 Å². The van der Waals surface area contributed by atoms with Gasteiger partial charge in [-0.15, -0.1) is 24.0 Å². The lowest BCUT2D eigenvalue weighted by Crippen LogP contribution is -2.47. The van der Waals surface area contributed by atoms with E-state index in [1.165, 1.54) is 18.4 Å². The summed E-state index contributed by atoms with van der Waals surface area (Å²) in [7, 11) is 1.79. The van der Waals surface area contributed by atoms with Crippen LogP contribution in [0.5, 0.6) is 5.75 Å². The first-order chi connectivity index (χ1) is 13.2. The molecular weight excluding hydrogens is 467 g/mol. The number of amides is 1. The van der Waals surface area contributed by atoms with Crippen LogP contribution in [-0.2, 0) is 11.2 Å². The summed E-state index contributed by atoms with van der Waals surface area (Å²) < 4.78 is 5.98. The zero-order chi connectivity index (χ0) is 18.6. The number of halogens is 1. The summed E-state index contributed by atoms with van der Waals surface area (Å²) in [6, 6.07) is 8.47. The maximum atomic E-state index is 12.6. The van der Waals surface area contributed by atoms with Crippen molar-refractivity contribution in [1.29, 1.82) is 0 Å². The van der Waals surface area contributed by atoms with Gasteiger partial charge in [0, 0.05) is 38.5 Å². The average molecular weight is 498 g/mol. The van der Waals surface area contributed by atoms with E-state index in [9.17, 15) is 4.79 Å². The molecular formula is C21H31IN4O2. The number of rotatable bonds is 4. The highest BCUT2D eigenvalue weighted by Crippen LogP contribution is 2.28. The number of carbonyl (C=O) groups is 1. The van der Waals surface area contributed by atoms with Gasteiger partial charge in [-0.25, -0.2) is 0 Å². The van der Waals surface area contributed by atoms with Crippen LogP contribution in [0.15, 0.2) is 29.3 Å². The number of guanidine groups is 1. The van der Waals surface area contributed by atoms with Crippen molar-refractivity contribution >= 4 is 35.8 Å². The molecule has 6 nitrogen and oxygen atoms in total. The highest BCUT2D eigenvalue weighted by Gasteiger charge is 2.32. The molecule has 1 aromatic carbocycles. The quantitative estimate of drug-likeness (QED) is 0.381. The highest BCUT2D eigenvalue weighted by atomic mass is 127. The van der Waals surface area contributed by atoms with Gasteiger partial charge in [-0.3, -0.25) is 9.79 Å². The number of carbonyl (C=O) groups excluding carboxylic acids is 1. The molecule has 0 bridgehead atoms. The van der Waals surface area contributed by atoms with Gasteiger partial charge in [0.2, 0.25) is 5.91 Å². The van der Waals surface area contributed by atoms with Gasteiger partial charge in [-0.05, 0) is 30.9 Å². The van der Waals surface area contributed by atoms with Crippen LogP contribution in [0.1, 0.15) is 37.7 Å². The van der Waals surface area contributed by atoms with Gasteiger partial charge in [-0.1, -0.05) is 31.0 Å². The van der Waals surface area contributed by atoms with Crippen LogP contribution in [-0.4, -0.2) is 55.6 Å². The lowest BCUT2D eigenvalue weighted by Gasteiger charge is -2.22.